The molecule has 0 amide bonds. The molecule has 1 aromatic carbocycles. The fourth-order valence-corrected chi connectivity index (χ4v) is 5.92. The Morgan fingerprint density at radius 2 is 1.90 bits per heavy atom. The molecule has 0 fully saturated rings. The first-order valence-corrected chi connectivity index (χ1v) is 11.8. The highest BCUT2D eigenvalue weighted by Crippen LogP contribution is 2.36. The van der Waals surface area contributed by atoms with Crippen molar-refractivity contribution in [3.8, 4) is 5.75 Å². The van der Waals surface area contributed by atoms with Crippen molar-refractivity contribution < 1.29 is 23.1 Å². The molecule has 0 aliphatic heterocycles. The molecule has 2 aromatic heterocycles. The number of sulfone groups is 1. The summed E-state index contributed by atoms with van der Waals surface area (Å²) >= 11 is 12.5. The first-order chi connectivity index (χ1) is 13.8. The minimum atomic E-state index is -3.68. The third-order valence-corrected chi connectivity index (χ3v) is 8.14. The zero-order valence-electron chi connectivity index (χ0n) is 15.0. The zero-order valence-corrected chi connectivity index (χ0v) is 18.2. The van der Waals surface area contributed by atoms with Gasteiger partial charge in [-0.05, 0) is 42.3 Å². The van der Waals surface area contributed by atoms with Crippen molar-refractivity contribution in [2.24, 2.45) is 0 Å². The van der Waals surface area contributed by atoms with E-state index in [2.05, 4.69) is 0 Å². The molecule has 0 unspecified atom stereocenters. The van der Waals surface area contributed by atoms with Gasteiger partial charge in [0.25, 0.3) is 0 Å². The van der Waals surface area contributed by atoms with Crippen molar-refractivity contribution in [1.82, 2.24) is 4.57 Å². The van der Waals surface area contributed by atoms with Crippen LogP contribution in [0.5, 0.6) is 5.75 Å². The number of esters is 1. The lowest BCUT2D eigenvalue weighted by Crippen LogP contribution is -2.09. The molecule has 0 atom stereocenters. The highest BCUT2D eigenvalue weighted by molar-refractivity contribution is 7.92. The number of aromatic nitrogens is 1. The topological polar surface area (TPSA) is 85.6 Å². The van der Waals surface area contributed by atoms with Crippen molar-refractivity contribution in [2.75, 3.05) is 6.61 Å². The SMILES string of the molecule is O=C(OCCCn1cccc1)c1ccc(CS(=O)(=O)c2cc(Cl)c(Cl)s2)cc1O. The molecule has 3 aromatic rings. The standard InChI is InChI=1S/C19H17Cl2NO5S2/c20-15-11-17(28-18(15)21)29(25,26)12-13-4-5-14(16(23)10-13)19(24)27-9-3-8-22-6-1-2-7-22/h1-2,4-7,10-11,23H,3,8-9,12H2. The van der Waals surface area contributed by atoms with Gasteiger partial charge in [-0.3, -0.25) is 0 Å². The number of rotatable bonds is 8. The summed E-state index contributed by atoms with van der Waals surface area (Å²) in [6, 6.07) is 9.17. The Morgan fingerprint density at radius 3 is 2.52 bits per heavy atom. The van der Waals surface area contributed by atoms with Gasteiger partial charge in [0.05, 0.1) is 17.4 Å². The summed E-state index contributed by atoms with van der Waals surface area (Å²) in [6.07, 6.45) is 4.46. The van der Waals surface area contributed by atoms with Crippen LogP contribution in [0, 0.1) is 0 Å². The molecule has 0 spiro atoms. The molecule has 0 radical (unpaired) electrons. The van der Waals surface area contributed by atoms with Gasteiger partial charge in [0.2, 0.25) is 0 Å². The van der Waals surface area contributed by atoms with Gasteiger partial charge in [0.1, 0.15) is 19.9 Å². The number of phenols is 1. The van der Waals surface area contributed by atoms with E-state index in [0.717, 1.165) is 11.3 Å². The lowest BCUT2D eigenvalue weighted by Gasteiger charge is -2.09. The number of hydrogen-bond donors (Lipinski definition) is 1. The number of halogens is 2. The zero-order chi connectivity index (χ0) is 21.0. The van der Waals surface area contributed by atoms with E-state index in [0.29, 0.717) is 18.5 Å². The number of aryl methyl sites for hydroxylation is 1. The van der Waals surface area contributed by atoms with Crippen LogP contribution in [0.15, 0.2) is 53.0 Å². The first kappa shape index (κ1) is 21.7. The predicted molar refractivity (Wildman–Crippen MR) is 113 cm³/mol. The number of carbonyl (C=O) groups is 1. The van der Waals surface area contributed by atoms with Gasteiger partial charge in [0.15, 0.2) is 9.84 Å². The molecular weight excluding hydrogens is 457 g/mol. The van der Waals surface area contributed by atoms with Crippen LogP contribution in [-0.2, 0) is 26.9 Å². The van der Waals surface area contributed by atoms with E-state index in [-0.39, 0.29) is 37.2 Å². The van der Waals surface area contributed by atoms with E-state index >= 15 is 0 Å². The minimum Gasteiger partial charge on any atom is -0.507 e. The Bertz CT molecular complexity index is 1090. The summed E-state index contributed by atoms with van der Waals surface area (Å²) in [5, 5.41) is 10.3. The van der Waals surface area contributed by atoms with Crippen molar-refractivity contribution in [2.45, 2.75) is 22.9 Å². The fourth-order valence-electron chi connectivity index (χ4n) is 2.62. The van der Waals surface area contributed by atoms with Gasteiger partial charge in [-0.2, -0.15) is 0 Å². The van der Waals surface area contributed by atoms with Crippen LogP contribution in [0.2, 0.25) is 9.36 Å². The molecule has 6 nitrogen and oxygen atoms in total. The number of benzene rings is 1. The summed E-state index contributed by atoms with van der Waals surface area (Å²) in [5.74, 6) is -1.36. The molecule has 2 heterocycles. The van der Waals surface area contributed by atoms with Crippen LogP contribution in [0.3, 0.4) is 0 Å². The van der Waals surface area contributed by atoms with E-state index < -0.39 is 15.8 Å². The molecule has 1 N–H and O–H groups in total. The molecule has 0 aliphatic rings. The van der Waals surface area contributed by atoms with Gasteiger partial charge in [-0.25, -0.2) is 13.2 Å². The molecular formula is C19H17Cl2NO5S2. The smallest absolute Gasteiger partial charge is 0.341 e. The second kappa shape index (κ2) is 9.21. The van der Waals surface area contributed by atoms with Gasteiger partial charge < -0.3 is 14.4 Å². The van der Waals surface area contributed by atoms with Crippen LogP contribution in [0.4, 0.5) is 0 Å². The van der Waals surface area contributed by atoms with Crippen LogP contribution >= 0.6 is 34.5 Å². The Morgan fingerprint density at radius 1 is 1.17 bits per heavy atom. The number of ether oxygens (including phenoxy) is 1. The lowest BCUT2D eigenvalue weighted by molar-refractivity contribution is 0.0492. The van der Waals surface area contributed by atoms with Crippen LogP contribution < -0.4 is 0 Å². The summed E-state index contributed by atoms with van der Waals surface area (Å²) in [4.78, 5) is 12.2. The van der Waals surface area contributed by atoms with E-state index in [1.165, 1.54) is 24.3 Å². The third-order valence-electron chi connectivity index (χ3n) is 4.03. The van der Waals surface area contributed by atoms with Gasteiger partial charge in [-0.15, -0.1) is 11.3 Å². The van der Waals surface area contributed by atoms with Crippen LogP contribution in [0.1, 0.15) is 22.3 Å². The quantitative estimate of drug-likeness (QED) is 0.375. The average molecular weight is 474 g/mol. The van der Waals surface area contributed by atoms with Crippen molar-refractivity contribution in [3.05, 3.63) is 69.3 Å². The van der Waals surface area contributed by atoms with Gasteiger partial charge >= 0.3 is 5.97 Å². The minimum absolute atomic E-state index is 0.0191. The monoisotopic (exact) mass is 473 g/mol. The van der Waals surface area contributed by atoms with Crippen molar-refractivity contribution in [3.63, 3.8) is 0 Å². The molecule has 0 aliphatic carbocycles. The van der Waals surface area contributed by atoms with Gasteiger partial charge in [-0.1, -0.05) is 29.3 Å². The normalized spacial score (nSPS) is 11.5. The largest absolute Gasteiger partial charge is 0.507 e. The average Bonchev–Trinajstić information content (AvgIpc) is 3.29. The maximum atomic E-state index is 12.5. The number of aromatic hydroxyl groups is 1. The Kier molecular flexibility index (Phi) is 6.89. The number of phenolic OH excluding ortho intramolecular Hbond substituents is 1. The second-order valence-electron chi connectivity index (χ2n) is 6.21. The summed E-state index contributed by atoms with van der Waals surface area (Å²) < 4.78 is 32.4. The second-order valence-corrected chi connectivity index (χ2v) is 10.5. The van der Waals surface area contributed by atoms with Crippen molar-refractivity contribution in [1.29, 1.82) is 0 Å². The summed E-state index contributed by atoms with van der Waals surface area (Å²) in [6.45, 7) is 0.909. The van der Waals surface area contributed by atoms with E-state index in [4.69, 9.17) is 27.9 Å². The molecule has 0 bridgehead atoms. The lowest BCUT2D eigenvalue weighted by atomic mass is 10.1. The van der Waals surface area contributed by atoms with E-state index in [1.54, 1.807) is 0 Å². The number of carbonyl (C=O) groups excluding carboxylic acids is 1. The fraction of sp³-hybridized carbons (Fsp3) is 0.211. The first-order valence-electron chi connectivity index (χ1n) is 8.53. The maximum Gasteiger partial charge on any atom is 0.341 e. The molecule has 0 saturated heterocycles. The van der Waals surface area contributed by atoms with E-state index in [1.807, 2.05) is 29.1 Å². The highest BCUT2D eigenvalue weighted by atomic mass is 35.5. The van der Waals surface area contributed by atoms with Gasteiger partial charge in [0, 0.05) is 18.9 Å². The van der Waals surface area contributed by atoms with Crippen LogP contribution in [0.25, 0.3) is 0 Å². The number of thiophene rings is 1. The third kappa shape index (κ3) is 5.54. The molecule has 0 saturated carbocycles. The predicted octanol–water partition coefficient (Wildman–Crippen LogP) is 4.78. The number of nitrogens with zero attached hydrogens (tertiary/aromatic N) is 1. The molecule has 10 heteroatoms. The summed E-state index contributed by atoms with van der Waals surface area (Å²) in [7, 11) is -3.68. The molecule has 29 heavy (non-hydrogen) atoms. The Labute approximate surface area is 182 Å². The van der Waals surface area contributed by atoms with Crippen molar-refractivity contribution >= 4 is 50.3 Å². The Balaban J connectivity index is 1.61. The summed E-state index contributed by atoms with van der Waals surface area (Å²) in [5.41, 5.74) is 0.307. The maximum absolute atomic E-state index is 12.5. The molecule has 3 rings (SSSR count). The van der Waals surface area contributed by atoms with Crippen LogP contribution in [-0.4, -0.2) is 30.7 Å². The number of hydrogen-bond acceptors (Lipinski definition) is 6. The van der Waals surface area contributed by atoms with E-state index in [9.17, 15) is 18.3 Å². The Hall–Kier alpha value is -2.00. The highest BCUT2D eigenvalue weighted by Gasteiger charge is 2.21. The molecule has 154 valence electrons.